The summed E-state index contributed by atoms with van der Waals surface area (Å²) < 4.78 is 0.948. The third kappa shape index (κ3) is 5.43. The van der Waals surface area contributed by atoms with Crippen LogP contribution in [0.1, 0.15) is 23.6 Å². The zero-order chi connectivity index (χ0) is 18.4. The molecule has 2 rings (SSSR count). The summed E-state index contributed by atoms with van der Waals surface area (Å²) >= 11 is 3.45. The molecule has 2 amide bonds. The Morgan fingerprint density at radius 1 is 1.12 bits per heavy atom. The third-order valence-corrected chi connectivity index (χ3v) is 4.62. The standard InChI is InChI=1S/C20H23BrN2O2/c1-14-7-9-16(10-8-14)12-19(24)23(15(2)20(25)22-3)13-17-5-4-6-18(21)11-17/h4-11,15H,12-13H2,1-3H3,(H,22,25)/t15-/m0/s1. The van der Waals surface area contributed by atoms with Gasteiger partial charge in [-0.05, 0) is 37.1 Å². The third-order valence-electron chi connectivity index (χ3n) is 4.13. The molecule has 0 aliphatic rings. The molecule has 2 aromatic carbocycles. The van der Waals surface area contributed by atoms with Gasteiger partial charge in [0.25, 0.3) is 0 Å². The lowest BCUT2D eigenvalue weighted by atomic mass is 10.1. The number of halogens is 1. The second-order valence-corrected chi connectivity index (χ2v) is 7.02. The summed E-state index contributed by atoms with van der Waals surface area (Å²) in [6.07, 6.45) is 0.273. The molecule has 0 aliphatic carbocycles. The average Bonchev–Trinajstić information content (AvgIpc) is 2.60. The molecule has 0 heterocycles. The smallest absolute Gasteiger partial charge is 0.242 e. The van der Waals surface area contributed by atoms with Gasteiger partial charge in [0.1, 0.15) is 6.04 Å². The molecule has 0 unspecified atom stereocenters. The van der Waals surface area contributed by atoms with E-state index in [1.165, 1.54) is 0 Å². The van der Waals surface area contributed by atoms with E-state index >= 15 is 0 Å². The van der Waals surface area contributed by atoms with Crippen molar-refractivity contribution < 1.29 is 9.59 Å². The first kappa shape index (κ1) is 19.2. The van der Waals surface area contributed by atoms with Crippen molar-refractivity contribution in [3.63, 3.8) is 0 Å². The fourth-order valence-electron chi connectivity index (χ4n) is 2.61. The quantitative estimate of drug-likeness (QED) is 0.803. The van der Waals surface area contributed by atoms with Crippen molar-refractivity contribution in [2.24, 2.45) is 0 Å². The summed E-state index contributed by atoms with van der Waals surface area (Å²) in [7, 11) is 1.58. The number of amides is 2. The van der Waals surface area contributed by atoms with Crippen molar-refractivity contribution in [3.05, 3.63) is 69.7 Å². The topological polar surface area (TPSA) is 49.4 Å². The van der Waals surface area contributed by atoms with Gasteiger partial charge >= 0.3 is 0 Å². The zero-order valence-electron chi connectivity index (χ0n) is 14.8. The van der Waals surface area contributed by atoms with Gasteiger partial charge in [0.05, 0.1) is 6.42 Å². The predicted molar refractivity (Wildman–Crippen MR) is 103 cm³/mol. The molecule has 1 N–H and O–H groups in total. The monoisotopic (exact) mass is 402 g/mol. The van der Waals surface area contributed by atoms with Gasteiger partial charge in [0.15, 0.2) is 0 Å². The second kappa shape index (κ2) is 8.81. The summed E-state index contributed by atoms with van der Waals surface area (Å²) in [5.41, 5.74) is 3.07. The Balaban J connectivity index is 2.21. The normalized spacial score (nSPS) is 11.7. The van der Waals surface area contributed by atoms with Crippen molar-refractivity contribution in [2.45, 2.75) is 32.9 Å². The number of hydrogen-bond acceptors (Lipinski definition) is 2. The highest BCUT2D eigenvalue weighted by Gasteiger charge is 2.25. The Hall–Kier alpha value is -2.14. The Morgan fingerprint density at radius 3 is 2.40 bits per heavy atom. The zero-order valence-corrected chi connectivity index (χ0v) is 16.3. The number of hydrogen-bond donors (Lipinski definition) is 1. The highest BCUT2D eigenvalue weighted by Crippen LogP contribution is 2.16. The van der Waals surface area contributed by atoms with E-state index < -0.39 is 6.04 Å². The van der Waals surface area contributed by atoms with E-state index in [1.54, 1.807) is 18.9 Å². The number of nitrogens with one attached hydrogen (secondary N) is 1. The highest BCUT2D eigenvalue weighted by molar-refractivity contribution is 9.10. The van der Waals surface area contributed by atoms with Gasteiger partial charge in [-0.15, -0.1) is 0 Å². The van der Waals surface area contributed by atoms with Crippen molar-refractivity contribution in [1.29, 1.82) is 0 Å². The van der Waals surface area contributed by atoms with Crippen LogP contribution in [0.5, 0.6) is 0 Å². The molecule has 4 nitrogen and oxygen atoms in total. The molecule has 0 aliphatic heterocycles. The van der Waals surface area contributed by atoms with E-state index in [-0.39, 0.29) is 18.2 Å². The van der Waals surface area contributed by atoms with E-state index in [0.29, 0.717) is 6.54 Å². The lowest BCUT2D eigenvalue weighted by Crippen LogP contribution is -2.47. The predicted octanol–water partition coefficient (Wildman–Crippen LogP) is 3.46. The lowest BCUT2D eigenvalue weighted by Gasteiger charge is -2.28. The van der Waals surface area contributed by atoms with Crippen LogP contribution in [0.3, 0.4) is 0 Å². The summed E-state index contributed by atoms with van der Waals surface area (Å²) in [5, 5.41) is 2.63. The van der Waals surface area contributed by atoms with Gasteiger partial charge in [-0.3, -0.25) is 9.59 Å². The fraction of sp³-hybridized carbons (Fsp3) is 0.300. The van der Waals surface area contributed by atoms with E-state index in [2.05, 4.69) is 21.2 Å². The van der Waals surface area contributed by atoms with Crippen molar-refractivity contribution >= 4 is 27.7 Å². The summed E-state index contributed by atoms with van der Waals surface area (Å²) in [5.74, 6) is -0.243. The van der Waals surface area contributed by atoms with Crippen LogP contribution < -0.4 is 5.32 Å². The molecular formula is C20H23BrN2O2. The number of carbonyl (C=O) groups is 2. The van der Waals surface area contributed by atoms with Crippen LogP contribution in [0.15, 0.2) is 53.0 Å². The fourth-order valence-corrected chi connectivity index (χ4v) is 3.05. The second-order valence-electron chi connectivity index (χ2n) is 6.10. The van der Waals surface area contributed by atoms with Crippen molar-refractivity contribution in [1.82, 2.24) is 10.2 Å². The van der Waals surface area contributed by atoms with Crippen LogP contribution >= 0.6 is 15.9 Å². The number of rotatable bonds is 6. The Labute approximate surface area is 157 Å². The number of carbonyl (C=O) groups excluding carboxylic acids is 2. The van der Waals surface area contributed by atoms with Crippen LogP contribution in [0.4, 0.5) is 0 Å². The molecule has 25 heavy (non-hydrogen) atoms. The van der Waals surface area contributed by atoms with Gasteiger partial charge in [-0.1, -0.05) is 57.9 Å². The van der Waals surface area contributed by atoms with Crippen LogP contribution in [0.2, 0.25) is 0 Å². The Bertz CT molecular complexity index is 744. The summed E-state index contributed by atoms with van der Waals surface area (Å²) in [6, 6.07) is 15.1. The molecule has 132 valence electrons. The molecule has 0 fully saturated rings. The van der Waals surface area contributed by atoms with Crippen LogP contribution in [0, 0.1) is 6.92 Å². The Kier molecular flexibility index (Phi) is 6.76. The first-order chi connectivity index (χ1) is 11.9. The first-order valence-electron chi connectivity index (χ1n) is 8.21. The minimum atomic E-state index is -0.540. The molecule has 0 spiro atoms. The van der Waals surface area contributed by atoms with Crippen molar-refractivity contribution in [2.75, 3.05) is 7.05 Å². The SMILES string of the molecule is CNC(=O)[C@H](C)N(Cc1cccc(Br)c1)C(=O)Cc1ccc(C)cc1. The van der Waals surface area contributed by atoms with Gasteiger partial charge in [0, 0.05) is 18.1 Å². The van der Waals surface area contributed by atoms with E-state index in [9.17, 15) is 9.59 Å². The van der Waals surface area contributed by atoms with Crippen LogP contribution in [-0.4, -0.2) is 29.8 Å². The highest BCUT2D eigenvalue weighted by atomic mass is 79.9. The minimum absolute atomic E-state index is 0.0695. The average molecular weight is 403 g/mol. The molecule has 0 saturated carbocycles. The molecule has 5 heteroatoms. The van der Waals surface area contributed by atoms with Crippen LogP contribution in [0.25, 0.3) is 0 Å². The lowest BCUT2D eigenvalue weighted by molar-refractivity contribution is -0.139. The van der Waals surface area contributed by atoms with Gasteiger partial charge in [-0.25, -0.2) is 0 Å². The van der Waals surface area contributed by atoms with Gasteiger partial charge < -0.3 is 10.2 Å². The maximum Gasteiger partial charge on any atom is 0.242 e. The maximum atomic E-state index is 12.9. The molecular weight excluding hydrogens is 380 g/mol. The largest absolute Gasteiger partial charge is 0.357 e. The maximum absolute atomic E-state index is 12.9. The van der Waals surface area contributed by atoms with E-state index in [0.717, 1.165) is 21.2 Å². The number of likely N-dealkylation sites (N-methyl/N-ethyl adjacent to an activating group) is 1. The van der Waals surface area contributed by atoms with Crippen LogP contribution in [-0.2, 0) is 22.6 Å². The molecule has 0 radical (unpaired) electrons. The number of nitrogens with zero attached hydrogens (tertiary/aromatic N) is 1. The molecule has 1 atom stereocenters. The molecule has 2 aromatic rings. The number of aryl methyl sites for hydroxylation is 1. The summed E-state index contributed by atoms with van der Waals surface area (Å²) in [6.45, 7) is 4.15. The van der Waals surface area contributed by atoms with Gasteiger partial charge in [0.2, 0.25) is 11.8 Å². The van der Waals surface area contributed by atoms with Gasteiger partial charge in [-0.2, -0.15) is 0 Å². The Morgan fingerprint density at radius 2 is 1.80 bits per heavy atom. The molecule has 0 bridgehead atoms. The number of benzene rings is 2. The first-order valence-corrected chi connectivity index (χ1v) is 9.01. The van der Waals surface area contributed by atoms with E-state index in [1.807, 2.05) is 55.5 Å². The minimum Gasteiger partial charge on any atom is -0.357 e. The van der Waals surface area contributed by atoms with E-state index in [4.69, 9.17) is 0 Å². The molecule has 0 saturated heterocycles. The molecule has 0 aromatic heterocycles. The summed E-state index contributed by atoms with van der Waals surface area (Å²) in [4.78, 5) is 26.6. The van der Waals surface area contributed by atoms with Crippen molar-refractivity contribution in [3.8, 4) is 0 Å².